The van der Waals surface area contributed by atoms with Crippen LogP contribution < -0.4 is 14.4 Å². The fourth-order valence-electron chi connectivity index (χ4n) is 3.35. The lowest BCUT2D eigenvalue weighted by Gasteiger charge is -2.23. The number of sulfonamides is 1. The maximum atomic E-state index is 13.2. The Morgan fingerprint density at radius 2 is 2.00 bits per heavy atom. The SMILES string of the molecule is CCCNS(=O)(=O)c1cc(C(=O)N2c3ccccc3CC2C)ccc1OC. The molecule has 0 bridgehead atoms. The van der Waals surface area contributed by atoms with Crippen LogP contribution in [0.25, 0.3) is 0 Å². The Morgan fingerprint density at radius 1 is 1.26 bits per heavy atom. The smallest absolute Gasteiger partial charge is 0.258 e. The molecule has 6 nitrogen and oxygen atoms in total. The van der Waals surface area contributed by atoms with Crippen LogP contribution in [0.2, 0.25) is 0 Å². The summed E-state index contributed by atoms with van der Waals surface area (Å²) in [6, 6.07) is 12.3. The van der Waals surface area contributed by atoms with E-state index in [4.69, 9.17) is 4.74 Å². The first-order valence-electron chi connectivity index (χ1n) is 8.98. The number of fused-ring (bicyclic) bond motifs is 1. The molecule has 0 spiro atoms. The molecule has 1 amide bonds. The number of hydrogen-bond acceptors (Lipinski definition) is 4. The third-order valence-electron chi connectivity index (χ3n) is 4.67. The van der Waals surface area contributed by atoms with Gasteiger partial charge in [-0.15, -0.1) is 0 Å². The van der Waals surface area contributed by atoms with Crippen molar-refractivity contribution in [1.29, 1.82) is 0 Å². The Hall–Kier alpha value is -2.38. The number of anilines is 1. The minimum Gasteiger partial charge on any atom is -0.495 e. The number of amides is 1. The summed E-state index contributed by atoms with van der Waals surface area (Å²) >= 11 is 0. The number of methoxy groups -OCH3 is 1. The molecule has 0 saturated heterocycles. The van der Waals surface area contributed by atoms with E-state index in [0.29, 0.717) is 18.5 Å². The van der Waals surface area contributed by atoms with Crippen LogP contribution in [-0.4, -0.2) is 34.0 Å². The zero-order valence-electron chi connectivity index (χ0n) is 15.7. The van der Waals surface area contributed by atoms with E-state index in [1.54, 1.807) is 11.0 Å². The molecule has 27 heavy (non-hydrogen) atoms. The first-order chi connectivity index (χ1) is 12.9. The van der Waals surface area contributed by atoms with Crippen molar-refractivity contribution in [2.24, 2.45) is 0 Å². The molecule has 1 aliphatic heterocycles. The summed E-state index contributed by atoms with van der Waals surface area (Å²) in [5.41, 5.74) is 2.31. The molecular weight excluding hydrogens is 364 g/mol. The number of benzene rings is 2. The highest BCUT2D eigenvalue weighted by Crippen LogP contribution is 2.34. The summed E-state index contributed by atoms with van der Waals surface area (Å²) < 4.78 is 33.0. The van der Waals surface area contributed by atoms with E-state index in [1.165, 1.54) is 19.2 Å². The van der Waals surface area contributed by atoms with Gasteiger partial charge >= 0.3 is 0 Å². The predicted octanol–water partition coefficient (Wildman–Crippen LogP) is 2.97. The van der Waals surface area contributed by atoms with E-state index in [0.717, 1.165) is 17.7 Å². The summed E-state index contributed by atoms with van der Waals surface area (Å²) in [6.45, 7) is 4.19. The molecule has 7 heteroatoms. The van der Waals surface area contributed by atoms with Crippen molar-refractivity contribution in [3.63, 3.8) is 0 Å². The summed E-state index contributed by atoms with van der Waals surface area (Å²) in [5, 5.41) is 0. The molecule has 1 atom stereocenters. The predicted molar refractivity (Wildman–Crippen MR) is 105 cm³/mol. The van der Waals surface area contributed by atoms with Crippen LogP contribution >= 0.6 is 0 Å². The van der Waals surface area contributed by atoms with Gasteiger partial charge in [0.15, 0.2) is 0 Å². The van der Waals surface area contributed by atoms with Crippen molar-refractivity contribution in [2.75, 3.05) is 18.6 Å². The lowest BCUT2D eigenvalue weighted by molar-refractivity contribution is 0.0981. The van der Waals surface area contributed by atoms with Gasteiger partial charge in [-0.2, -0.15) is 0 Å². The monoisotopic (exact) mass is 388 g/mol. The largest absolute Gasteiger partial charge is 0.495 e. The van der Waals surface area contributed by atoms with Gasteiger partial charge in [0.1, 0.15) is 10.6 Å². The van der Waals surface area contributed by atoms with Crippen molar-refractivity contribution in [2.45, 2.75) is 37.6 Å². The fourth-order valence-corrected chi connectivity index (χ4v) is 4.67. The molecule has 2 aromatic rings. The zero-order valence-corrected chi connectivity index (χ0v) is 16.5. The summed E-state index contributed by atoms with van der Waals surface area (Å²) in [5.74, 6) is -0.00734. The Bertz CT molecular complexity index is 956. The quantitative estimate of drug-likeness (QED) is 0.825. The molecule has 0 saturated carbocycles. The van der Waals surface area contributed by atoms with Crippen LogP contribution in [0.1, 0.15) is 36.2 Å². The Morgan fingerprint density at radius 3 is 2.70 bits per heavy atom. The number of carbonyl (C=O) groups is 1. The highest BCUT2D eigenvalue weighted by molar-refractivity contribution is 7.89. The average molecular weight is 388 g/mol. The van der Waals surface area contributed by atoms with E-state index in [1.807, 2.05) is 38.1 Å². The van der Waals surface area contributed by atoms with Gasteiger partial charge in [-0.05, 0) is 49.6 Å². The molecule has 3 rings (SSSR count). The van der Waals surface area contributed by atoms with Crippen LogP contribution in [0, 0.1) is 0 Å². The highest BCUT2D eigenvalue weighted by atomic mass is 32.2. The number of hydrogen-bond donors (Lipinski definition) is 1. The number of rotatable bonds is 6. The second-order valence-corrected chi connectivity index (χ2v) is 8.36. The summed E-state index contributed by atoms with van der Waals surface area (Å²) in [4.78, 5) is 14.9. The second-order valence-electron chi connectivity index (χ2n) is 6.62. The van der Waals surface area contributed by atoms with Crippen molar-refractivity contribution in [1.82, 2.24) is 4.72 Å². The second kappa shape index (κ2) is 7.70. The molecule has 0 aromatic heterocycles. The van der Waals surface area contributed by atoms with E-state index >= 15 is 0 Å². The van der Waals surface area contributed by atoms with Crippen molar-refractivity contribution < 1.29 is 17.9 Å². The number of nitrogens with zero attached hydrogens (tertiary/aromatic N) is 1. The standard InChI is InChI=1S/C20H24N2O4S/c1-4-11-21-27(24,25)19-13-16(9-10-18(19)26-3)20(23)22-14(2)12-15-7-5-6-8-17(15)22/h5-10,13-14,21H,4,11-12H2,1-3H3. The first-order valence-corrected chi connectivity index (χ1v) is 10.5. The maximum absolute atomic E-state index is 13.2. The van der Waals surface area contributed by atoms with Gasteiger partial charge in [0.25, 0.3) is 5.91 Å². The lowest BCUT2D eigenvalue weighted by atomic mass is 10.1. The molecule has 0 aliphatic carbocycles. The Labute approximate surface area is 160 Å². The third kappa shape index (κ3) is 3.70. The average Bonchev–Trinajstić information content (AvgIpc) is 3.01. The molecule has 144 valence electrons. The van der Waals surface area contributed by atoms with Gasteiger partial charge in [0.05, 0.1) is 7.11 Å². The lowest BCUT2D eigenvalue weighted by Crippen LogP contribution is -2.36. The molecule has 1 N–H and O–H groups in total. The van der Waals surface area contributed by atoms with Gasteiger partial charge in [0.2, 0.25) is 10.0 Å². The molecular formula is C20H24N2O4S. The molecule has 1 unspecified atom stereocenters. The van der Waals surface area contributed by atoms with Crippen LogP contribution in [0.5, 0.6) is 5.75 Å². The van der Waals surface area contributed by atoms with Crippen LogP contribution in [0.4, 0.5) is 5.69 Å². The van der Waals surface area contributed by atoms with Gasteiger partial charge in [-0.1, -0.05) is 25.1 Å². The molecule has 2 aromatic carbocycles. The summed E-state index contributed by atoms with van der Waals surface area (Å²) in [7, 11) is -2.35. The number of para-hydroxylation sites is 1. The van der Waals surface area contributed by atoms with Crippen molar-refractivity contribution >= 4 is 21.6 Å². The highest BCUT2D eigenvalue weighted by Gasteiger charge is 2.32. The van der Waals surface area contributed by atoms with Gasteiger partial charge < -0.3 is 9.64 Å². The molecule has 0 fully saturated rings. The van der Waals surface area contributed by atoms with Gasteiger partial charge in [-0.25, -0.2) is 13.1 Å². The van der Waals surface area contributed by atoms with Gasteiger partial charge in [-0.3, -0.25) is 4.79 Å². The van der Waals surface area contributed by atoms with Crippen LogP contribution in [0.15, 0.2) is 47.4 Å². The minimum absolute atomic E-state index is 0.00951. The van der Waals surface area contributed by atoms with E-state index in [9.17, 15) is 13.2 Å². The molecule has 1 heterocycles. The molecule has 0 radical (unpaired) electrons. The minimum atomic E-state index is -3.76. The number of ether oxygens (including phenoxy) is 1. The van der Waals surface area contributed by atoms with E-state index < -0.39 is 10.0 Å². The Balaban J connectivity index is 2.00. The number of nitrogens with one attached hydrogen (secondary N) is 1. The number of carbonyl (C=O) groups excluding carboxylic acids is 1. The van der Waals surface area contributed by atoms with Crippen LogP contribution in [0.3, 0.4) is 0 Å². The zero-order chi connectivity index (χ0) is 19.6. The Kier molecular flexibility index (Phi) is 5.53. The molecule has 1 aliphatic rings. The van der Waals surface area contributed by atoms with E-state index in [2.05, 4.69) is 4.72 Å². The van der Waals surface area contributed by atoms with Crippen molar-refractivity contribution in [3.05, 3.63) is 53.6 Å². The van der Waals surface area contributed by atoms with Gasteiger partial charge in [0, 0.05) is 23.8 Å². The normalized spacial score (nSPS) is 16.3. The fraction of sp³-hybridized carbons (Fsp3) is 0.350. The van der Waals surface area contributed by atoms with E-state index in [-0.39, 0.29) is 22.6 Å². The first kappa shape index (κ1) is 19.4. The van der Waals surface area contributed by atoms with Crippen LogP contribution in [-0.2, 0) is 16.4 Å². The van der Waals surface area contributed by atoms with Crippen molar-refractivity contribution in [3.8, 4) is 5.75 Å². The maximum Gasteiger partial charge on any atom is 0.258 e. The third-order valence-corrected chi connectivity index (χ3v) is 6.15. The topological polar surface area (TPSA) is 75.7 Å². The summed E-state index contributed by atoms with van der Waals surface area (Å²) in [6.07, 6.45) is 1.45.